The Morgan fingerprint density at radius 2 is 2.37 bits per heavy atom. The molecular weight excluding hydrogens is 332 g/mol. The lowest BCUT2D eigenvalue weighted by Crippen LogP contribution is -2.27. The van der Waals surface area contributed by atoms with Gasteiger partial charge in [-0.3, -0.25) is 4.79 Å². The van der Waals surface area contributed by atoms with E-state index >= 15 is 0 Å². The van der Waals surface area contributed by atoms with Crippen molar-refractivity contribution >= 4 is 39.9 Å². The van der Waals surface area contributed by atoms with Crippen LogP contribution in [0.15, 0.2) is 22.7 Å². The van der Waals surface area contributed by atoms with Crippen molar-refractivity contribution in [3.63, 3.8) is 0 Å². The van der Waals surface area contributed by atoms with Gasteiger partial charge < -0.3 is 15.4 Å². The SMILES string of the molecule is COc1cc(NC(=O)CC2CCCN2)ccc1Br.Cl. The summed E-state index contributed by atoms with van der Waals surface area (Å²) in [5, 5.41) is 6.20. The molecule has 1 heterocycles. The first-order chi connectivity index (χ1) is 8.69. The Kier molecular flexibility index (Phi) is 6.62. The maximum atomic E-state index is 11.8. The van der Waals surface area contributed by atoms with Crippen LogP contribution in [0.5, 0.6) is 5.75 Å². The molecule has 1 unspecified atom stereocenters. The van der Waals surface area contributed by atoms with E-state index in [2.05, 4.69) is 26.6 Å². The summed E-state index contributed by atoms with van der Waals surface area (Å²) in [4.78, 5) is 11.8. The first-order valence-electron chi connectivity index (χ1n) is 6.06. The summed E-state index contributed by atoms with van der Waals surface area (Å²) in [6, 6.07) is 5.85. The normalized spacial score (nSPS) is 17.7. The summed E-state index contributed by atoms with van der Waals surface area (Å²) in [7, 11) is 1.61. The van der Waals surface area contributed by atoms with Crippen molar-refractivity contribution in [1.29, 1.82) is 0 Å². The van der Waals surface area contributed by atoms with Crippen LogP contribution in [0.2, 0.25) is 0 Å². The van der Waals surface area contributed by atoms with Gasteiger partial charge in [-0.15, -0.1) is 12.4 Å². The minimum atomic E-state index is 0. The number of nitrogens with one attached hydrogen (secondary N) is 2. The standard InChI is InChI=1S/C13H17BrN2O2.ClH/c1-18-12-7-10(4-5-11(12)14)16-13(17)8-9-3-2-6-15-9;/h4-5,7,9,15H,2-3,6,8H2,1H3,(H,16,17);1H. The summed E-state index contributed by atoms with van der Waals surface area (Å²) < 4.78 is 6.07. The number of carbonyl (C=O) groups is 1. The van der Waals surface area contributed by atoms with Gasteiger partial charge in [0.2, 0.25) is 5.91 Å². The highest BCUT2D eigenvalue weighted by Crippen LogP contribution is 2.27. The van der Waals surface area contributed by atoms with E-state index in [1.54, 1.807) is 7.11 Å². The molecule has 6 heteroatoms. The second-order valence-corrected chi connectivity index (χ2v) is 5.25. The monoisotopic (exact) mass is 348 g/mol. The van der Waals surface area contributed by atoms with Crippen molar-refractivity contribution in [2.24, 2.45) is 0 Å². The van der Waals surface area contributed by atoms with E-state index in [0.717, 1.165) is 29.5 Å². The summed E-state index contributed by atoms with van der Waals surface area (Å²) >= 11 is 3.38. The van der Waals surface area contributed by atoms with Crippen LogP contribution in [0, 0.1) is 0 Å². The molecule has 0 aromatic heterocycles. The van der Waals surface area contributed by atoms with Crippen molar-refractivity contribution in [3.8, 4) is 5.75 Å². The maximum absolute atomic E-state index is 11.8. The van der Waals surface area contributed by atoms with Crippen LogP contribution < -0.4 is 15.4 Å². The fourth-order valence-electron chi connectivity index (χ4n) is 2.10. The zero-order chi connectivity index (χ0) is 13.0. The fourth-order valence-corrected chi connectivity index (χ4v) is 2.51. The molecule has 0 bridgehead atoms. The van der Waals surface area contributed by atoms with Crippen LogP contribution in [0.25, 0.3) is 0 Å². The lowest BCUT2D eigenvalue weighted by atomic mass is 10.1. The highest BCUT2D eigenvalue weighted by molar-refractivity contribution is 9.10. The summed E-state index contributed by atoms with van der Waals surface area (Å²) in [5.41, 5.74) is 0.762. The topological polar surface area (TPSA) is 50.4 Å². The van der Waals surface area contributed by atoms with Crippen LogP contribution in [0.1, 0.15) is 19.3 Å². The molecule has 2 rings (SSSR count). The Morgan fingerprint density at radius 3 is 3.00 bits per heavy atom. The number of halogens is 2. The Morgan fingerprint density at radius 1 is 1.58 bits per heavy atom. The molecule has 1 aromatic rings. The number of anilines is 1. The van der Waals surface area contributed by atoms with E-state index in [4.69, 9.17) is 4.74 Å². The lowest BCUT2D eigenvalue weighted by Gasteiger charge is -2.11. The van der Waals surface area contributed by atoms with Gasteiger partial charge in [-0.2, -0.15) is 0 Å². The van der Waals surface area contributed by atoms with E-state index in [9.17, 15) is 4.79 Å². The number of hydrogen-bond donors (Lipinski definition) is 2. The second kappa shape index (κ2) is 7.72. The Labute approximate surface area is 127 Å². The molecule has 0 spiro atoms. The summed E-state index contributed by atoms with van der Waals surface area (Å²) in [5.74, 6) is 0.755. The van der Waals surface area contributed by atoms with Gasteiger partial charge in [-0.05, 0) is 47.4 Å². The third kappa shape index (κ3) is 4.67. The molecule has 1 aliphatic rings. The van der Waals surface area contributed by atoms with Gasteiger partial charge in [0, 0.05) is 24.2 Å². The van der Waals surface area contributed by atoms with Crippen molar-refractivity contribution < 1.29 is 9.53 Å². The number of rotatable bonds is 4. The molecule has 4 nitrogen and oxygen atoms in total. The fraction of sp³-hybridized carbons (Fsp3) is 0.462. The molecule has 1 atom stereocenters. The zero-order valence-electron chi connectivity index (χ0n) is 10.7. The molecule has 19 heavy (non-hydrogen) atoms. The molecular formula is C13H18BrClN2O2. The smallest absolute Gasteiger partial charge is 0.225 e. The predicted molar refractivity (Wildman–Crippen MR) is 82.2 cm³/mol. The van der Waals surface area contributed by atoms with Gasteiger partial charge in [-0.25, -0.2) is 0 Å². The Hall–Kier alpha value is -0.780. The molecule has 1 amide bonds. The average Bonchev–Trinajstić information content (AvgIpc) is 2.84. The van der Waals surface area contributed by atoms with Crippen molar-refractivity contribution in [1.82, 2.24) is 5.32 Å². The van der Waals surface area contributed by atoms with Gasteiger partial charge in [0.1, 0.15) is 5.75 Å². The van der Waals surface area contributed by atoms with Gasteiger partial charge in [-0.1, -0.05) is 0 Å². The molecule has 2 N–H and O–H groups in total. The van der Waals surface area contributed by atoms with Gasteiger partial charge in [0.15, 0.2) is 0 Å². The molecule has 1 aromatic carbocycles. The zero-order valence-corrected chi connectivity index (χ0v) is 13.1. The highest BCUT2D eigenvalue weighted by Gasteiger charge is 2.17. The molecule has 1 aliphatic heterocycles. The third-order valence-corrected chi connectivity index (χ3v) is 3.68. The Balaban J connectivity index is 0.00000180. The molecule has 1 saturated heterocycles. The quantitative estimate of drug-likeness (QED) is 0.878. The van der Waals surface area contributed by atoms with Crippen molar-refractivity contribution in [2.45, 2.75) is 25.3 Å². The summed E-state index contributed by atoms with van der Waals surface area (Å²) in [6.45, 7) is 1.02. The van der Waals surface area contributed by atoms with E-state index in [0.29, 0.717) is 18.2 Å². The van der Waals surface area contributed by atoms with E-state index in [-0.39, 0.29) is 18.3 Å². The van der Waals surface area contributed by atoms with Crippen LogP contribution >= 0.6 is 28.3 Å². The second-order valence-electron chi connectivity index (χ2n) is 4.39. The van der Waals surface area contributed by atoms with Crippen molar-refractivity contribution in [3.05, 3.63) is 22.7 Å². The van der Waals surface area contributed by atoms with Crippen LogP contribution in [0.4, 0.5) is 5.69 Å². The highest BCUT2D eigenvalue weighted by atomic mass is 79.9. The van der Waals surface area contributed by atoms with E-state index < -0.39 is 0 Å². The van der Waals surface area contributed by atoms with E-state index in [1.165, 1.54) is 0 Å². The van der Waals surface area contributed by atoms with Crippen molar-refractivity contribution in [2.75, 3.05) is 19.0 Å². The van der Waals surface area contributed by atoms with Gasteiger partial charge in [0.05, 0.1) is 11.6 Å². The number of carbonyl (C=O) groups excluding carboxylic acids is 1. The lowest BCUT2D eigenvalue weighted by molar-refractivity contribution is -0.116. The maximum Gasteiger partial charge on any atom is 0.225 e. The first-order valence-corrected chi connectivity index (χ1v) is 6.85. The number of methoxy groups -OCH3 is 1. The number of ether oxygens (including phenoxy) is 1. The minimum Gasteiger partial charge on any atom is -0.495 e. The van der Waals surface area contributed by atoms with Crippen LogP contribution in [0.3, 0.4) is 0 Å². The number of hydrogen-bond acceptors (Lipinski definition) is 3. The largest absolute Gasteiger partial charge is 0.495 e. The number of benzene rings is 1. The molecule has 0 radical (unpaired) electrons. The first kappa shape index (κ1) is 16.3. The van der Waals surface area contributed by atoms with Crippen LogP contribution in [-0.4, -0.2) is 25.6 Å². The predicted octanol–water partition coefficient (Wildman–Crippen LogP) is 2.96. The average molecular weight is 350 g/mol. The Bertz CT molecular complexity index is 437. The summed E-state index contributed by atoms with van der Waals surface area (Å²) in [6.07, 6.45) is 2.76. The van der Waals surface area contributed by atoms with Crippen LogP contribution in [-0.2, 0) is 4.79 Å². The molecule has 0 saturated carbocycles. The van der Waals surface area contributed by atoms with Gasteiger partial charge >= 0.3 is 0 Å². The van der Waals surface area contributed by atoms with E-state index in [1.807, 2.05) is 18.2 Å². The molecule has 0 aliphatic carbocycles. The third-order valence-electron chi connectivity index (χ3n) is 3.03. The molecule has 1 fully saturated rings. The number of amides is 1. The molecule has 106 valence electrons. The van der Waals surface area contributed by atoms with Gasteiger partial charge in [0.25, 0.3) is 0 Å². The minimum absolute atomic E-state index is 0.